The standard InChI is InChI=1S/C11H17BrN2O/c1-14(2)5-6-15-10-3-4-11(12)9(7-10)8-13/h3-4,7H,5-6,8,13H2,1-2H3. The highest BCUT2D eigenvalue weighted by atomic mass is 79.9. The Morgan fingerprint density at radius 1 is 1.40 bits per heavy atom. The molecule has 0 heterocycles. The van der Waals surface area contributed by atoms with Crippen LogP contribution in [0.3, 0.4) is 0 Å². The van der Waals surface area contributed by atoms with Crippen LogP contribution >= 0.6 is 15.9 Å². The fraction of sp³-hybridized carbons (Fsp3) is 0.455. The lowest BCUT2D eigenvalue weighted by Crippen LogP contribution is -2.19. The Morgan fingerprint density at radius 2 is 2.13 bits per heavy atom. The van der Waals surface area contributed by atoms with E-state index in [4.69, 9.17) is 10.5 Å². The summed E-state index contributed by atoms with van der Waals surface area (Å²) in [5.74, 6) is 0.875. The summed E-state index contributed by atoms with van der Waals surface area (Å²) in [6, 6.07) is 5.88. The van der Waals surface area contributed by atoms with E-state index in [1.54, 1.807) is 0 Å². The lowest BCUT2D eigenvalue weighted by Gasteiger charge is -2.12. The number of halogens is 1. The molecule has 0 aliphatic rings. The van der Waals surface area contributed by atoms with Crippen molar-refractivity contribution in [3.8, 4) is 5.75 Å². The first-order valence-corrected chi connectivity index (χ1v) is 5.69. The molecule has 0 atom stereocenters. The molecule has 84 valence electrons. The van der Waals surface area contributed by atoms with Crippen molar-refractivity contribution < 1.29 is 4.74 Å². The fourth-order valence-corrected chi connectivity index (χ4v) is 1.55. The number of hydrogen-bond acceptors (Lipinski definition) is 3. The molecule has 3 nitrogen and oxygen atoms in total. The molecule has 0 unspecified atom stereocenters. The van der Waals surface area contributed by atoms with Crippen molar-refractivity contribution in [2.75, 3.05) is 27.2 Å². The highest BCUT2D eigenvalue weighted by Gasteiger charge is 2.00. The molecule has 2 N–H and O–H groups in total. The molecule has 0 saturated carbocycles. The summed E-state index contributed by atoms with van der Waals surface area (Å²) in [6.07, 6.45) is 0. The largest absolute Gasteiger partial charge is 0.492 e. The summed E-state index contributed by atoms with van der Waals surface area (Å²) in [5, 5.41) is 0. The summed E-state index contributed by atoms with van der Waals surface area (Å²) in [7, 11) is 4.05. The van der Waals surface area contributed by atoms with Crippen LogP contribution in [0.1, 0.15) is 5.56 Å². The van der Waals surface area contributed by atoms with Gasteiger partial charge in [-0.3, -0.25) is 0 Å². The van der Waals surface area contributed by atoms with Gasteiger partial charge in [-0.05, 0) is 37.9 Å². The number of nitrogens with two attached hydrogens (primary N) is 1. The molecule has 0 fully saturated rings. The predicted molar refractivity (Wildman–Crippen MR) is 66.1 cm³/mol. The fourth-order valence-electron chi connectivity index (χ4n) is 1.14. The third kappa shape index (κ3) is 4.20. The van der Waals surface area contributed by atoms with E-state index >= 15 is 0 Å². The highest BCUT2D eigenvalue weighted by molar-refractivity contribution is 9.10. The molecule has 0 spiro atoms. The SMILES string of the molecule is CN(C)CCOc1ccc(Br)c(CN)c1. The van der Waals surface area contributed by atoms with Gasteiger partial charge in [0, 0.05) is 17.6 Å². The van der Waals surface area contributed by atoms with Crippen LogP contribution in [0.4, 0.5) is 0 Å². The summed E-state index contributed by atoms with van der Waals surface area (Å²) >= 11 is 3.44. The topological polar surface area (TPSA) is 38.5 Å². The Bertz CT molecular complexity index is 315. The first-order chi connectivity index (χ1) is 7.13. The number of rotatable bonds is 5. The van der Waals surface area contributed by atoms with Crippen molar-refractivity contribution in [3.63, 3.8) is 0 Å². The quantitative estimate of drug-likeness (QED) is 0.889. The normalized spacial score (nSPS) is 10.7. The first-order valence-electron chi connectivity index (χ1n) is 4.89. The van der Waals surface area contributed by atoms with E-state index < -0.39 is 0 Å². The molecule has 0 bridgehead atoms. The van der Waals surface area contributed by atoms with Crippen LogP contribution in [-0.2, 0) is 6.54 Å². The predicted octanol–water partition coefficient (Wildman–Crippen LogP) is 1.85. The molecule has 15 heavy (non-hydrogen) atoms. The second kappa shape index (κ2) is 6.10. The van der Waals surface area contributed by atoms with Crippen molar-refractivity contribution in [1.82, 2.24) is 4.90 Å². The summed E-state index contributed by atoms with van der Waals surface area (Å²) in [6.45, 7) is 2.12. The van der Waals surface area contributed by atoms with Gasteiger partial charge >= 0.3 is 0 Å². The molecule has 1 rings (SSSR count). The van der Waals surface area contributed by atoms with Crippen LogP contribution in [0.2, 0.25) is 0 Å². The second-order valence-corrected chi connectivity index (χ2v) is 4.46. The molecule has 4 heteroatoms. The zero-order chi connectivity index (χ0) is 11.3. The first kappa shape index (κ1) is 12.5. The lowest BCUT2D eigenvalue weighted by molar-refractivity contribution is 0.261. The summed E-state index contributed by atoms with van der Waals surface area (Å²) < 4.78 is 6.63. The molecule has 1 aromatic rings. The maximum absolute atomic E-state index is 5.60. The van der Waals surface area contributed by atoms with E-state index in [0.717, 1.165) is 22.3 Å². The van der Waals surface area contributed by atoms with Crippen molar-refractivity contribution in [1.29, 1.82) is 0 Å². The Morgan fingerprint density at radius 3 is 2.73 bits per heavy atom. The van der Waals surface area contributed by atoms with Gasteiger partial charge in [-0.25, -0.2) is 0 Å². The monoisotopic (exact) mass is 272 g/mol. The second-order valence-electron chi connectivity index (χ2n) is 3.61. The smallest absolute Gasteiger partial charge is 0.119 e. The van der Waals surface area contributed by atoms with Gasteiger partial charge in [0.2, 0.25) is 0 Å². The van der Waals surface area contributed by atoms with Crippen LogP contribution in [-0.4, -0.2) is 32.1 Å². The Balaban J connectivity index is 2.54. The van der Waals surface area contributed by atoms with Crippen molar-refractivity contribution >= 4 is 15.9 Å². The zero-order valence-corrected chi connectivity index (χ0v) is 10.8. The van der Waals surface area contributed by atoms with Gasteiger partial charge < -0.3 is 15.4 Å². The minimum atomic E-state index is 0.519. The minimum absolute atomic E-state index is 0.519. The molecule has 0 aromatic heterocycles. The average Bonchev–Trinajstić information content (AvgIpc) is 2.20. The number of hydrogen-bond donors (Lipinski definition) is 1. The number of benzene rings is 1. The summed E-state index contributed by atoms with van der Waals surface area (Å²) in [5.41, 5.74) is 6.67. The van der Waals surface area contributed by atoms with Gasteiger partial charge in [-0.1, -0.05) is 15.9 Å². The van der Waals surface area contributed by atoms with Gasteiger partial charge in [0.1, 0.15) is 12.4 Å². The van der Waals surface area contributed by atoms with Gasteiger partial charge in [0.05, 0.1) is 0 Å². The highest BCUT2D eigenvalue weighted by Crippen LogP contribution is 2.22. The number of nitrogens with zero attached hydrogens (tertiary/aromatic N) is 1. The molecule has 0 aliphatic heterocycles. The van der Waals surface area contributed by atoms with Gasteiger partial charge in [0.15, 0.2) is 0 Å². The van der Waals surface area contributed by atoms with E-state index in [0.29, 0.717) is 13.2 Å². The Labute approximate surface area is 99.3 Å². The van der Waals surface area contributed by atoms with E-state index in [9.17, 15) is 0 Å². The molecule has 1 aromatic carbocycles. The van der Waals surface area contributed by atoms with Crippen molar-refractivity contribution in [2.24, 2.45) is 5.73 Å². The van der Waals surface area contributed by atoms with Gasteiger partial charge in [-0.2, -0.15) is 0 Å². The maximum Gasteiger partial charge on any atom is 0.119 e. The maximum atomic E-state index is 5.60. The van der Waals surface area contributed by atoms with E-state index in [-0.39, 0.29) is 0 Å². The molecule has 0 saturated heterocycles. The Hall–Kier alpha value is -0.580. The van der Waals surface area contributed by atoms with Crippen LogP contribution in [0.5, 0.6) is 5.75 Å². The van der Waals surface area contributed by atoms with Crippen LogP contribution in [0, 0.1) is 0 Å². The van der Waals surface area contributed by atoms with E-state index in [2.05, 4.69) is 20.8 Å². The third-order valence-corrected chi connectivity index (χ3v) is 2.82. The number of ether oxygens (including phenoxy) is 1. The average molecular weight is 273 g/mol. The van der Waals surface area contributed by atoms with Gasteiger partial charge in [0.25, 0.3) is 0 Å². The summed E-state index contributed by atoms with van der Waals surface area (Å²) in [4.78, 5) is 2.09. The van der Waals surface area contributed by atoms with Crippen molar-refractivity contribution in [2.45, 2.75) is 6.54 Å². The molecular weight excluding hydrogens is 256 g/mol. The minimum Gasteiger partial charge on any atom is -0.492 e. The van der Waals surface area contributed by atoms with E-state index in [1.165, 1.54) is 0 Å². The van der Waals surface area contributed by atoms with Gasteiger partial charge in [-0.15, -0.1) is 0 Å². The van der Waals surface area contributed by atoms with Crippen LogP contribution in [0.25, 0.3) is 0 Å². The zero-order valence-electron chi connectivity index (χ0n) is 9.16. The van der Waals surface area contributed by atoms with Crippen molar-refractivity contribution in [3.05, 3.63) is 28.2 Å². The molecule has 0 radical (unpaired) electrons. The molecule has 0 amide bonds. The van der Waals surface area contributed by atoms with Crippen LogP contribution in [0.15, 0.2) is 22.7 Å². The molecule has 0 aliphatic carbocycles. The van der Waals surface area contributed by atoms with E-state index in [1.807, 2.05) is 32.3 Å². The number of likely N-dealkylation sites (N-methyl/N-ethyl adjacent to an activating group) is 1. The Kier molecular flexibility index (Phi) is 5.08. The van der Waals surface area contributed by atoms with Crippen LogP contribution < -0.4 is 10.5 Å². The third-order valence-electron chi connectivity index (χ3n) is 2.04. The molecular formula is C11H17BrN2O. The lowest BCUT2D eigenvalue weighted by atomic mass is 10.2.